The third kappa shape index (κ3) is 19.7. The first-order valence-electron chi connectivity index (χ1n) is 18.3. The van der Waals surface area contributed by atoms with Gasteiger partial charge in [0.2, 0.25) is 35.4 Å². The summed E-state index contributed by atoms with van der Waals surface area (Å²) in [6.07, 6.45) is 0.239. The van der Waals surface area contributed by atoms with Crippen LogP contribution in [0.5, 0.6) is 0 Å². The molecule has 23 nitrogen and oxygen atoms in total. The number of hydrazine groups is 1. The number of nitrogens with one attached hydrogen (secondary N) is 7. The molecule has 1 fully saturated rings. The summed E-state index contributed by atoms with van der Waals surface area (Å²) in [4.78, 5) is 108. The maximum atomic E-state index is 13.8. The molecule has 0 aromatic heterocycles. The number of amides is 6. The van der Waals surface area contributed by atoms with Crippen molar-refractivity contribution < 1.29 is 48.8 Å². The molecule has 1 aliphatic rings. The van der Waals surface area contributed by atoms with E-state index >= 15 is 0 Å². The number of carboxylic acid groups (broad SMARTS) is 1. The standard InChI is InChI=1S/C32H58N12O11/c1-18(2)14-23-30(52)37-19(17-45)15-25(46)38-20(8-3-5-11-33)27(49)42-24(16-26(47)48)31(53)40-21(9-4-6-12-34)28(50)39-22(29(51)41-23)10-7-13-36-32(35)43-44(54)55/h18-24,45H,3-17,33-34H2,1-2H3,(H,37,52)(H,38,46)(H,39,50)(H,40,53)(H,41,51)(H,42,49)(H,47,48)(H3,35,36,43)/t19-,20+,21+,22+,23+,24+/m1/s1. The number of nitro groups is 1. The van der Waals surface area contributed by atoms with Crippen molar-refractivity contribution in [2.75, 3.05) is 26.2 Å². The van der Waals surface area contributed by atoms with E-state index in [1.54, 1.807) is 19.3 Å². The van der Waals surface area contributed by atoms with Crippen LogP contribution in [-0.4, -0.2) is 125 Å². The Bertz CT molecular complexity index is 1350. The molecule has 0 aromatic carbocycles. The molecule has 0 bridgehead atoms. The van der Waals surface area contributed by atoms with Gasteiger partial charge in [0.1, 0.15) is 30.2 Å². The Labute approximate surface area is 318 Å². The molecule has 0 unspecified atom stereocenters. The molecule has 0 aliphatic carbocycles. The number of unbranched alkanes of at least 4 members (excludes halogenated alkanes) is 2. The number of hydrogen-bond donors (Lipinski definition) is 12. The predicted molar refractivity (Wildman–Crippen MR) is 197 cm³/mol. The zero-order valence-electron chi connectivity index (χ0n) is 31.3. The van der Waals surface area contributed by atoms with Gasteiger partial charge in [-0.2, -0.15) is 0 Å². The van der Waals surface area contributed by atoms with E-state index in [-0.39, 0.29) is 57.7 Å². The van der Waals surface area contributed by atoms with E-state index in [9.17, 15) is 53.9 Å². The highest BCUT2D eigenvalue weighted by molar-refractivity contribution is 5.97. The van der Waals surface area contributed by atoms with Crippen molar-refractivity contribution >= 4 is 47.4 Å². The SMILES string of the molecule is CC(C)C[C@@H]1NC(=O)[C@H](CCCN=C(N)N[N+](=O)[O-])NC(=O)[C@H](CCCCN)NC(=O)[C@H](CC(=O)O)NC(=O)[C@H](CCCCN)NC(=O)C[C@H](CO)NC1=O. The van der Waals surface area contributed by atoms with E-state index in [0.29, 0.717) is 25.7 Å². The lowest BCUT2D eigenvalue weighted by Crippen LogP contribution is -2.59. The Hall–Kier alpha value is -5.16. The largest absolute Gasteiger partial charge is 0.481 e. The quantitative estimate of drug-likeness (QED) is 0.0207. The smallest absolute Gasteiger partial charge is 0.305 e. The normalized spacial score (nSPS) is 23.9. The van der Waals surface area contributed by atoms with Gasteiger partial charge in [-0.05, 0) is 76.8 Å². The molecule has 312 valence electrons. The van der Waals surface area contributed by atoms with Gasteiger partial charge in [-0.3, -0.25) is 33.6 Å². The molecule has 1 rings (SSSR count). The molecule has 15 N–H and O–H groups in total. The Morgan fingerprint density at radius 3 is 1.71 bits per heavy atom. The van der Waals surface area contributed by atoms with E-state index in [1.165, 1.54) is 0 Å². The molecule has 6 amide bonds. The summed E-state index contributed by atoms with van der Waals surface area (Å²) < 4.78 is 0. The van der Waals surface area contributed by atoms with E-state index < -0.39 is 108 Å². The predicted octanol–water partition coefficient (Wildman–Crippen LogP) is -4.05. The monoisotopic (exact) mass is 786 g/mol. The summed E-state index contributed by atoms with van der Waals surface area (Å²) in [6.45, 7) is 3.26. The topological polar surface area (TPSA) is 378 Å². The molecule has 1 saturated heterocycles. The van der Waals surface area contributed by atoms with Crippen LogP contribution in [0.2, 0.25) is 0 Å². The van der Waals surface area contributed by atoms with Crippen LogP contribution in [-0.2, 0) is 33.6 Å². The number of aliphatic hydroxyl groups is 1. The molecule has 6 atom stereocenters. The Morgan fingerprint density at radius 1 is 0.782 bits per heavy atom. The summed E-state index contributed by atoms with van der Waals surface area (Å²) in [5, 5.41) is 44.5. The summed E-state index contributed by atoms with van der Waals surface area (Å²) >= 11 is 0. The number of carbonyl (C=O) groups is 7. The lowest BCUT2D eigenvalue weighted by molar-refractivity contribution is -0.525. The molecule has 1 heterocycles. The second kappa shape index (κ2) is 25.8. The van der Waals surface area contributed by atoms with Crippen molar-refractivity contribution in [1.82, 2.24) is 37.3 Å². The molecular formula is C32H58N12O11. The van der Waals surface area contributed by atoms with Crippen LogP contribution in [0.3, 0.4) is 0 Å². The van der Waals surface area contributed by atoms with E-state index in [2.05, 4.69) is 36.9 Å². The average molecular weight is 787 g/mol. The maximum Gasteiger partial charge on any atom is 0.305 e. The molecule has 55 heavy (non-hydrogen) atoms. The number of aliphatic imine (C=N–C) groups is 1. The van der Waals surface area contributed by atoms with Crippen molar-refractivity contribution in [3.8, 4) is 0 Å². The number of carboxylic acids is 1. The van der Waals surface area contributed by atoms with E-state index in [4.69, 9.17) is 17.2 Å². The van der Waals surface area contributed by atoms with Crippen molar-refractivity contribution in [2.45, 2.75) is 121 Å². The first-order chi connectivity index (χ1) is 26.0. The van der Waals surface area contributed by atoms with Crippen LogP contribution in [0.1, 0.15) is 84.5 Å². The van der Waals surface area contributed by atoms with Gasteiger partial charge >= 0.3 is 5.97 Å². The van der Waals surface area contributed by atoms with Crippen LogP contribution in [0.4, 0.5) is 0 Å². The number of nitrogens with zero attached hydrogens (tertiary/aromatic N) is 2. The van der Waals surface area contributed by atoms with Gasteiger partial charge in [0.25, 0.3) is 5.96 Å². The first kappa shape index (κ1) is 47.9. The second-order valence-electron chi connectivity index (χ2n) is 13.5. The van der Waals surface area contributed by atoms with Gasteiger partial charge < -0.3 is 59.3 Å². The number of aliphatic hydroxyl groups excluding tert-OH is 1. The minimum Gasteiger partial charge on any atom is -0.481 e. The highest BCUT2D eigenvalue weighted by Gasteiger charge is 2.34. The molecule has 0 aromatic rings. The van der Waals surface area contributed by atoms with Crippen LogP contribution >= 0.6 is 0 Å². The lowest BCUT2D eigenvalue weighted by atomic mass is 10.0. The molecule has 23 heteroatoms. The van der Waals surface area contributed by atoms with Crippen LogP contribution in [0.25, 0.3) is 0 Å². The van der Waals surface area contributed by atoms with Crippen LogP contribution < -0.4 is 54.5 Å². The fourth-order valence-corrected chi connectivity index (χ4v) is 5.53. The zero-order chi connectivity index (χ0) is 41.5. The number of hydrogen-bond acceptors (Lipinski definition) is 13. The van der Waals surface area contributed by atoms with E-state index in [1.807, 2.05) is 0 Å². The lowest BCUT2D eigenvalue weighted by Gasteiger charge is -2.27. The van der Waals surface area contributed by atoms with Gasteiger partial charge in [0.05, 0.1) is 19.1 Å². The fourth-order valence-electron chi connectivity index (χ4n) is 5.53. The Kier molecular flexibility index (Phi) is 22.4. The van der Waals surface area contributed by atoms with Gasteiger partial charge in [0.15, 0.2) is 5.03 Å². The highest BCUT2D eigenvalue weighted by Crippen LogP contribution is 2.11. The second-order valence-corrected chi connectivity index (χ2v) is 13.5. The summed E-state index contributed by atoms with van der Waals surface area (Å²) in [6, 6.07) is -8.08. The molecule has 1 aliphatic heterocycles. The third-order valence-corrected chi connectivity index (χ3v) is 8.30. The number of nitrogens with two attached hydrogens (primary N) is 3. The molecule has 0 saturated carbocycles. The third-order valence-electron chi connectivity index (χ3n) is 8.30. The fraction of sp³-hybridized carbons (Fsp3) is 0.750. The van der Waals surface area contributed by atoms with Crippen LogP contribution in [0, 0.1) is 16.0 Å². The molecular weight excluding hydrogens is 728 g/mol. The van der Waals surface area contributed by atoms with Crippen molar-refractivity contribution in [1.29, 1.82) is 0 Å². The molecule has 0 radical (unpaired) electrons. The molecule has 0 spiro atoms. The van der Waals surface area contributed by atoms with Gasteiger partial charge in [0, 0.05) is 13.0 Å². The summed E-state index contributed by atoms with van der Waals surface area (Å²) in [5.41, 5.74) is 18.4. The van der Waals surface area contributed by atoms with Crippen LogP contribution in [0.15, 0.2) is 4.99 Å². The van der Waals surface area contributed by atoms with E-state index in [0.717, 1.165) is 0 Å². The van der Waals surface area contributed by atoms with Gasteiger partial charge in [-0.1, -0.05) is 19.3 Å². The van der Waals surface area contributed by atoms with Gasteiger partial charge in [-0.25, -0.2) is 15.1 Å². The number of rotatable bonds is 18. The van der Waals surface area contributed by atoms with Gasteiger partial charge in [-0.15, -0.1) is 0 Å². The number of guanidine groups is 1. The van der Waals surface area contributed by atoms with Crippen molar-refractivity contribution in [2.24, 2.45) is 28.1 Å². The highest BCUT2D eigenvalue weighted by atomic mass is 16.7. The average Bonchev–Trinajstić information content (AvgIpc) is 3.09. The summed E-state index contributed by atoms with van der Waals surface area (Å²) in [7, 11) is 0. The maximum absolute atomic E-state index is 13.8. The zero-order valence-corrected chi connectivity index (χ0v) is 31.3. The van der Waals surface area contributed by atoms with Crippen molar-refractivity contribution in [3.63, 3.8) is 0 Å². The minimum absolute atomic E-state index is 0.0110. The van der Waals surface area contributed by atoms with Crippen molar-refractivity contribution in [3.05, 3.63) is 10.1 Å². The Balaban J connectivity index is 3.70. The summed E-state index contributed by atoms with van der Waals surface area (Å²) in [5.74, 6) is -7.26. The Morgan fingerprint density at radius 2 is 1.24 bits per heavy atom. The number of aliphatic carboxylic acids is 1. The first-order valence-corrected chi connectivity index (χ1v) is 18.3. The number of carbonyl (C=O) groups excluding carboxylic acids is 6. The minimum atomic E-state index is -1.71.